The predicted octanol–water partition coefficient (Wildman–Crippen LogP) is 3.53. The van der Waals surface area contributed by atoms with E-state index >= 15 is 0 Å². The van der Waals surface area contributed by atoms with Crippen molar-refractivity contribution in [3.05, 3.63) is 52.8 Å². The van der Waals surface area contributed by atoms with Gasteiger partial charge in [-0.05, 0) is 41.1 Å². The van der Waals surface area contributed by atoms with Crippen molar-refractivity contribution in [1.82, 2.24) is 4.98 Å². The van der Waals surface area contributed by atoms with Crippen molar-refractivity contribution in [2.75, 3.05) is 17.2 Å². The number of carbonyl (C=O) groups is 1. The number of nitrogens with one attached hydrogen (secondary N) is 2. The second-order valence-corrected chi connectivity index (χ2v) is 4.74. The topological polar surface area (TPSA) is 54.0 Å². The third kappa shape index (κ3) is 3.32. The Kier molecular flexibility index (Phi) is 4.52. The summed E-state index contributed by atoms with van der Waals surface area (Å²) < 4.78 is 0.845. The lowest BCUT2D eigenvalue weighted by molar-refractivity contribution is 0.102. The minimum absolute atomic E-state index is 0.184. The summed E-state index contributed by atoms with van der Waals surface area (Å²) in [5.41, 5.74) is 2.04. The van der Waals surface area contributed by atoms with Gasteiger partial charge in [0.2, 0.25) is 0 Å². The van der Waals surface area contributed by atoms with E-state index in [2.05, 4.69) is 31.5 Å². The number of aromatic nitrogens is 1. The Balaban J connectivity index is 2.23. The van der Waals surface area contributed by atoms with Crippen LogP contribution in [0.5, 0.6) is 0 Å². The van der Waals surface area contributed by atoms with Crippen molar-refractivity contribution in [2.24, 2.45) is 0 Å². The molecule has 0 saturated carbocycles. The Morgan fingerprint density at radius 3 is 2.79 bits per heavy atom. The molecular weight excluding hydrogens is 306 g/mol. The maximum absolute atomic E-state index is 12.3. The van der Waals surface area contributed by atoms with Crippen molar-refractivity contribution in [3.8, 4) is 0 Å². The summed E-state index contributed by atoms with van der Waals surface area (Å²) >= 11 is 3.40. The van der Waals surface area contributed by atoms with Gasteiger partial charge in [-0.1, -0.05) is 12.1 Å². The first-order valence-corrected chi connectivity index (χ1v) is 6.75. The van der Waals surface area contributed by atoms with Gasteiger partial charge in [-0.25, -0.2) is 0 Å². The summed E-state index contributed by atoms with van der Waals surface area (Å²) in [5, 5.41) is 6.00. The number of halogens is 1. The number of carbonyl (C=O) groups excluding carboxylic acids is 1. The van der Waals surface area contributed by atoms with E-state index < -0.39 is 0 Å². The van der Waals surface area contributed by atoms with E-state index in [9.17, 15) is 4.79 Å². The largest absolute Gasteiger partial charge is 0.385 e. The van der Waals surface area contributed by atoms with Gasteiger partial charge in [-0.15, -0.1) is 0 Å². The van der Waals surface area contributed by atoms with Gasteiger partial charge >= 0.3 is 0 Å². The molecule has 2 N–H and O–H groups in total. The Hall–Kier alpha value is -1.88. The monoisotopic (exact) mass is 319 g/mol. The number of rotatable bonds is 4. The fourth-order valence-electron chi connectivity index (χ4n) is 1.67. The van der Waals surface area contributed by atoms with E-state index in [1.807, 2.05) is 31.2 Å². The second kappa shape index (κ2) is 6.33. The first kappa shape index (κ1) is 13.5. The molecule has 0 aliphatic heterocycles. The number of benzene rings is 1. The van der Waals surface area contributed by atoms with E-state index in [0.29, 0.717) is 5.56 Å². The fourth-order valence-corrected chi connectivity index (χ4v) is 2.06. The Bertz CT molecular complexity index is 586. The lowest BCUT2D eigenvalue weighted by atomic mass is 10.2. The number of nitrogens with zero attached hydrogens (tertiary/aromatic N) is 1. The van der Waals surface area contributed by atoms with Gasteiger partial charge in [-0.2, -0.15) is 0 Å². The highest BCUT2D eigenvalue weighted by molar-refractivity contribution is 9.10. The van der Waals surface area contributed by atoms with Gasteiger partial charge in [0.15, 0.2) is 0 Å². The summed E-state index contributed by atoms with van der Waals surface area (Å²) in [6.45, 7) is 2.73. The maximum Gasteiger partial charge on any atom is 0.259 e. The summed E-state index contributed by atoms with van der Waals surface area (Å²) in [5.74, 6) is -0.184. The number of para-hydroxylation sites is 1. The minimum atomic E-state index is -0.184. The van der Waals surface area contributed by atoms with Crippen LogP contribution in [0.15, 0.2) is 47.2 Å². The molecule has 1 aromatic heterocycles. The van der Waals surface area contributed by atoms with Gasteiger partial charge in [0.05, 0.1) is 16.9 Å². The molecule has 0 spiro atoms. The predicted molar refractivity (Wildman–Crippen MR) is 80.5 cm³/mol. The molecular formula is C14H14BrN3O. The highest BCUT2D eigenvalue weighted by Crippen LogP contribution is 2.23. The molecule has 1 heterocycles. The number of pyridine rings is 1. The van der Waals surface area contributed by atoms with E-state index in [-0.39, 0.29) is 5.91 Å². The van der Waals surface area contributed by atoms with E-state index in [1.165, 1.54) is 0 Å². The smallest absolute Gasteiger partial charge is 0.259 e. The van der Waals surface area contributed by atoms with Crippen molar-refractivity contribution in [2.45, 2.75) is 6.92 Å². The van der Waals surface area contributed by atoms with E-state index in [4.69, 9.17) is 0 Å². The minimum Gasteiger partial charge on any atom is -0.385 e. The van der Waals surface area contributed by atoms with Crippen LogP contribution in [-0.2, 0) is 0 Å². The highest BCUT2D eigenvalue weighted by Gasteiger charge is 2.12. The zero-order chi connectivity index (χ0) is 13.7. The van der Waals surface area contributed by atoms with Crippen molar-refractivity contribution < 1.29 is 4.79 Å². The average Bonchev–Trinajstić information content (AvgIpc) is 2.42. The molecule has 0 aliphatic carbocycles. The number of hydrogen-bond donors (Lipinski definition) is 2. The van der Waals surface area contributed by atoms with Gasteiger partial charge in [0, 0.05) is 23.4 Å². The van der Waals surface area contributed by atoms with Crippen LogP contribution in [0.25, 0.3) is 0 Å². The fraction of sp³-hybridized carbons (Fsp3) is 0.143. The third-order valence-electron chi connectivity index (χ3n) is 2.55. The number of anilines is 2. The molecule has 5 heteroatoms. The van der Waals surface area contributed by atoms with Crippen LogP contribution in [0, 0.1) is 0 Å². The molecule has 0 aliphatic rings. The number of amides is 1. The molecule has 0 radical (unpaired) electrons. The maximum atomic E-state index is 12.3. The lowest BCUT2D eigenvalue weighted by Crippen LogP contribution is -2.15. The highest BCUT2D eigenvalue weighted by atomic mass is 79.9. The number of hydrogen-bond acceptors (Lipinski definition) is 3. The second-order valence-electron chi connectivity index (χ2n) is 3.89. The summed E-state index contributed by atoms with van der Waals surface area (Å²) in [6, 6.07) is 9.27. The molecule has 2 rings (SSSR count). The molecule has 0 fully saturated rings. The zero-order valence-electron chi connectivity index (χ0n) is 10.5. The summed E-state index contributed by atoms with van der Waals surface area (Å²) in [7, 11) is 0. The molecule has 1 amide bonds. The molecule has 98 valence electrons. The van der Waals surface area contributed by atoms with Crippen molar-refractivity contribution in [1.29, 1.82) is 0 Å². The van der Waals surface area contributed by atoms with Crippen molar-refractivity contribution in [3.63, 3.8) is 0 Å². The van der Waals surface area contributed by atoms with Crippen LogP contribution in [0.1, 0.15) is 17.3 Å². The molecule has 0 unspecified atom stereocenters. The van der Waals surface area contributed by atoms with E-state index in [0.717, 1.165) is 22.4 Å². The molecule has 1 aromatic carbocycles. The lowest BCUT2D eigenvalue weighted by Gasteiger charge is -2.11. The van der Waals surface area contributed by atoms with Crippen LogP contribution < -0.4 is 10.6 Å². The summed E-state index contributed by atoms with van der Waals surface area (Å²) in [4.78, 5) is 16.3. The average molecular weight is 320 g/mol. The Morgan fingerprint density at radius 2 is 2.05 bits per heavy atom. The first-order valence-electron chi connectivity index (χ1n) is 5.96. The van der Waals surface area contributed by atoms with Crippen molar-refractivity contribution >= 4 is 33.2 Å². The van der Waals surface area contributed by atoms with Gasteiger partial charge in [0.25, 0.3) is 5.91 Å². The molecule has 19 heavy (non-hydrogen) atoms. The summed E-state index contributed by atoms with van der Waals surface area (Å²) in [6.07, 6.45) is 3.22. The molecule has 0 atom stereocenters. The van der Waals surface area contributed by atoms with Gasteiger partial charge in [-0.3, -0.25) is 9.78 Å². The van der Waals surface area contributed by atoms with Crippen LogP contribution >= 0.6 is 15.9 Å². The third-order valence-corrected chi connectivity index (χ3v) is 3.25. The zero-order valence-corrected chi connectivity index (χ0v) is 12.1. The van der Waals surface area contributed by atoms with Crippen LogP contribution in [0.3, 0.4) is 0 Å². The molecule has 2 aromatic rings. The standard InChI is InChI=1S/C14H14BrN3O/c1-2-17-12-7-8-16-9-10(12)14(19)18-13-6-4-3-5-11(13)15/h3-9H,2H2,1H3,(H,16,17)(H,18,19). The Morgan fingerprint density at radius 1 is 1.26 bits per heavy atom. The van der Waals surface area contributed by atoms with Crippen LogP contribution in [-0.4, -0.2) is 17.4 Å². The van der Waals surface area contributed by atoms with Crippen LogP contribution in [0.2, 0.25) is 0 Å². The molecule has 4 nitrogen and oxygen atoms in total. The SMILES string of the molecule is CCNc1ccncc1C(=O)Nc1ccccc1Br. The first-order chi connectivity index (χ1) is 9.22. The quantitative estimate of drug-likeness (QED) is 0.906. The van der Waals surface area contributed by atoms with Gasteiger partial charge in [0.1, 0.15) is 0 Å². The molecule has 0 saturated heterocycles. The van der Waals surface area contributed by atoms with Gasteiger partial charge < -0.3 is 10.6 Å². The molecule has 0 bridgehead atoms. The van der Waals surface area contributed by atoms with E-state index in [1.54, 1.807) is 18.5 Å². The van der Waals surface area contributed by atoms with Crippen LogP contribution in [0.4, 0.5) is 11.4 Å². The normalized spacial score (nSPS) is 10.0. The Labute approximate surface area is 120 Å².